The molecule has 0 saturated carbocycles. The molecule has 6 nitrogen and oxygen atoms in total. The monoisotopic (exact) mass is 929 g/mol. The number of carbonyl (C=O) groups is 3. The molecule has 0 rings (SSSR count). The van der Waals surface area contributed by atoms with Crippen molar-refractivity contribution in [2.24, 2.45) is 0 Å². The summed E-state index contributed by atoms with van der Waals surface area (Å²) in [5.74, 6) is -1.02. The number of hydrogen-bond acceptors (Lipinski definition) is 6. The Hall–Kier alpha value is -3.93. The first kappa shape index (κ1) is 63.1. The number of unbranched alkanes of at least 4 members (excludes halogenated alkanes) is 22. The van der Waals surface area contributed by atoms with E-state index in [4.69, 9.17) is 14.2 Å². The molecule has 0 aliphatic rings. The third-order valence-corrected chi connectivity index (χ3v) is 11.4. The quantitative estimate of drug-likeness (QED) is 0.0199. The zero-order valence-corrected chi connectivity index (χ0v) is 43.4. The maximum atomic E-state index is 12.8. The fourth-order valence-corrected chi connectivity index (χ4v) is 7.27. The van der Waals surface area contributed by atoms with Crippen molar-refractivity contribution in [3.8, 4) is 0 Å². The van der Waals surface area contributed by atoms with Gasteiger partial charge in [-0.3, -0.25) is 14.4 Å². The van der Waals surface area contributed by atoms with Crippen molar-refractivity contribution in [3.63, 3.8) is 0 Å². The topological polar surface area (TPSA) is 78.9 Å². The lowest BCUT2D eigenvalue weighted by Gasteiger charge is -2.18. The Morgan fingerprint density at radius 1 is 0.328 bits per heavy atom. The molecule has 0 aromatic carbocycles. The Labute approximate surface area is 412 Å². The van der Waals surface area contributed by atoms with E-state index < -0.39 is 12.1 Å². The number of ether oxygens (including phenoxy) is 3. The molecule has 0 aliphatic carbocycles. The predicted molar refractivity (Wildman–Crippen MR) is 288 cm³/mol. The molecular formula is C61H100O6. The SMILES string of the molecule is CC/C=C\C/C=C\C/C=C\C/C=C\C/C=C\CCC(=O)OC(COC(=O)CCCCCCC\C=C/C=C\C=C/C=C\CCCCC)COC(=O)CCCCCCCCCCCCCCCCC. The van der Waals surface area contributed by atoms with Crippen LogP contribution in [0.15, 0.2) is 109 Å². The summed E-state index contributed by atoms with van der Waals surface area (Å²) in [7, 11) is 0. The van der Waals surface area contributed by atoms with Crippen LogP contribution >= 0.6 is 0 Å². The van der Waals surface area contributed by atoms with E-state index in [0.29, 0.717) is 19.3 Å². The lowest BCUT2D eigenvalue weighted by Crippen LogP contribution is -2.30. The first-order valence-corrected chi connectivity index (χ1v) is 27.4. The molecule has 0 fully saturated rings. The van der Waals surface area contributed by atoms with Crippen molar-refractivity contribution >= 4 is 17.9 Å². The largest absolute Gasteiger partial charge is 0.462 e. The minimum absolute atomic E-state index is 0.115. The highest BCUT2D eigenvalue weighted by molar-refractivity contribution is 5.71. The van der Waals surface area contributed by atoms with E-state index in [0.717, 1.165) is 96.3 Å². The van der Waals surface area contributed by atoms with Crippen LogP contribution in [-0.4, -0.2) is 37.2 Å². The Bertz CT molecular complexity index is 1390. The zero-order valence-electron chi connectivity index (χ0n) is 43.4. The van der Waals surface area contributed by atoms with Crippen LogP contribution < -0.4 is 0 Å². The van der Waals surface area contributed by atoms with E-state index >= 15 is 0 Å². The van der Waals surface area contributed by atoms with Gasteiger partial charge in [0.1, 0.15) is 13.2 Å². The average molecular weight is 929 g/mol. The van der Waals surface area contributed by atoms with Gasteiger partial charge in [0.2, 0.25) is 0 Å². The van der Waals surface area contributed by atoms with Gasteiger partial charge in [-0.15, -0.1) is 0 Å². The molecule has 6 heteroatoms. The minimum atomic E-state index is -0.828. The number of hydrogen-bond donors (Lipinski definition) is 0. The first-order valence-electron chi connectivity index (χ1n) is 27.4. The molecule has 1 atom stereocenters. The van der Waals surface area contributed by atoms with Crippen molar-refractivity contribution in [2.45, 2.75) is 245 Å². The molecule has 0 radical (unpaired) electrons. The van der Waals surface area contributed by atoms with Gasteiger partial charge in [-0.25, -0.2) is 0 Å². The second-order valence-corrected chi connectivity index (χ2v) is 17.9. The predicted octanol–water partition coefficient (Wildman–Crippen LogP) is 18.3. The summed E-state index contributed by atoms with van der Waals surface area (Å²) in [6.07, 6.45) is 73.6. The van der Waals surface area contributed by atoms with Crippen LogP contribution in [0.3, 0.4) is 0 Å². The second kappa shape index (κ2) is 54.7. The highest BCUT2D eigenvalue weighted by Gasteiger charge is 2.19. The van der Waals surface area contributed by atoms with Gasteiger partial charge in [0.25, 0.3) is 0 Å². The Morgan fingerprint density at radius 3 is 1.10 bits per heavy atom. The Kier molecular flexibility index (Phi) is 51.5. The second-order valence-electron chi connectivity index (χ2n) is 17.9. The zero-order chi connectivity index (χ0) is 48.6. The molecular weight excluding hydrogens is 829 g/mol. The van der Waals surface area contributed by atoms with Crippen molar-refractivity contribution in [1.82, 2.24) is 0 Å². The van der Waals surface area contributed by atoms with Crippen LogP contribution in [0.2, 0.25) is 0 Å². The molecule has 0 aromatic rings. The first-order chi connectivity index (χ1) is 33.0. The highest BCUT2D eigenvalue weighted by atomic mass is 16.6. The van der Waals surface area contributed by atoms with E-state index in [-0.39, 0.29) is 31.6 Å². The fourth-order valence-electron chi connectivity index (χ4n) is 7.27. The van der Waals surface area contributed by atoms with Gasteiger partial charge in [0.15, 0.2) is 6.10 Å². The summed E-state index contributed by atoms with van der Waals surface area (Å²) in [4.78, 5) is 38.1. The van der Waals surface area contributed by atoms with E-state index in [1.165, 1.54) is 96.3 Å². The number of allylic oxidation sites excluding steroid dienone is 18. The van der Waals surface area contributed by atoms with Crippen LogP contribution in [0.25, 0.3) is 0 Å². The summed E-state index contributed by atoms with van der Waals surface area (Å²) in [5, 5.41) is 0. The van der Waals surface area contributed by atoms with E-state index in [2.05, 4.69) is 118 Å². The molecule has 0 spiro atoms. The van der Waals surface area contributed by atoms with Crippen LogP contribution in [-0.2, 0) is 28.6 Å². The van der Waals surface area contributed by atoms with Gasteiger partial charge in [0.05, 0.1) is 0 Å². The van der Waals surface area contributed by atoms with Crippen LogP contribution in [0.5, 0.6) is 0 Å². The molecule has 67 heavy (non-hydrogen) atoms. The molecule has 0 bridgehead atoms. The third-order valence-electron chi connectivity index (χ3n) is 11.4. The summed E-state index contributed by atoms with van der Waals surface area (Å²) < 4.78 is 16.7. The summed E-state index contributed by atoms with van der Waals surface area (Å²) in [6.45, 7) is 6.41. The van der Waals surface area contributed by atoms with Gasteiger partial charge in [0, 0.05) is 19.3 Å². The molecule has 1 unspecified atom stereocenters. The molecule has 0 N–H and O–H groups in total. The van der Waals surface area contributed by atoms with Gasteiger partial charge in [-0.1, -0.05) is 252 Å². The standard InChI is InChI=1S/C61H100O6/c1-4-7-10-13-16-19-22-25-28-30-31-34-36-39-42-45-48-51-54-60(63)66-57-58(56-65-59(62)53-50-47-44-41-38-35-32-27-24-21-18-15-12-9-6-3)67-61(64)55-52-49-46-43-40-37-33-29-26-23-20-17-14-11-8-5-2/h8,11,16-17,19-20,22,25-26,28-31,34,37,40,46,49,58H,4-7,9-10,12-15,18,21,23-24,27,32-33,35-36,38-39,41-45,47-48,50-57H2,1-3H3/b11-8-,19-16-,20-17-,25-22-,29-26-,30-28-,34-31-,40-37-,49-46-. The maximum Gasteiger partial charge on any atom is 0.306 e. The molecule has 0 aliphatic heterocycles. The summed E-state index contributed by atoms with van der Waals surface area (Å²) in [5.41, 5.74) is 0. The minimum Gasteiger partial charge on any atom is -0.462 e. The summed E-state index contributed by atoms with van der Waals surface area (Å²) in [6, 6.07) is 0. The summed E-state index contributed by atoms with van der Waals surface area (Å²) >= 11 is 0. The number of rotatable bonds is 48. The molecule has 0 amide bonds. The fraction of sp³-hybridized carbons (Fsp3) is 0.656. The van der Waals surface area contributed by atoms with E-state index in [1.807, 2.05) is 12.2 Å². The lowest BCUT2D eigenvalue weighted by atomic mass is 10.0. The van der Waals surface area contributed by atoms with Crippen LogP contribution in [0, 0.1) is 0 Å². The van der Waals surface area contributed by atoms with E-state index in [1.54, 1.807) is 0 Å². The van der Waals surface area contributed by atoms with Gasteiger partial charge in [-0.05, 0) is 77.0 Å². The molecule has 380 valence electrons. The Morgan fingerprint density at radius 2 is 0.672 bits per heavy atom. The molecule has 0 heterocycles. The highest BCUT2D eigenvalue weighted by Crippen LogP contribution is 2.15. The Balaban J connectivity index is 4.54. The number of esters is 3. The third kappa shape index (κ3) is 52.9. The van der Waals surface area contributed by atoms with Gasteiger partial charge < -0.3 is 14.2 Å². The van der Waals surface area contributed by atoms with Gasteiger partial charge >= 0.3 is 17.9 Å². The van der Waals surface area contributed by atoms with Crippen molar-refractivity contribution < 1.29 is 28.6 Å². The molecule has 0 aromatic heterocycles. The van der Waals surface area contributed by atoms with E-state index in [9.17, 15) is 14.4 Å². The number of carbonyl (C=O) groups excluding carboxylic acids is 3. The van der Waals surface area contributed by atoms with Crippen molar-refractivity contribution in [3.05, 3.63) is 109 Å². The van der Waals surface area contributed by atoms with Crippen molar-refractivity contribution in [2.75, 3.05) is 13.2 Å². The smallest absolute Gasteiger partial charge is 0.306 e. The van der Waals surface area contributed by atoms with Gasteiger partial charge in [-0.2, -0.15) is 0 Å². The normalized spacial score (nSPS) is 12.9. The van der Waals surface area contributed by atoms with Crippen molar-refractivity contribution in [1.29, 1.82) is 0 Å². The lowest BCUT2D eigenvalue weighted by molar-refractivity contribution is -0.166. The molecule has 0 saturated heterocycles. The van der Waals surface area contributed by atoms with Crippen LogP contribution in [0.1, 0.15) is 239 Å². The van der Waals surface area contributed by atoms with Crippen LogP contribution in [0.4, 0.5) is 0 Å². The maximum absolute atomic E-state index is 12.8. The average Bonchev–Trinajstić information content (AvgIpc) is 3.33.